The molecule has 0 spiro atoms. The SMILES string of the molecule is CN=C(C(C=N)NC(=O)c1nc(-c2c(F)cccc2F)sc1N)N1CC(N)CC(F)C1. The van der Waals surface area contributed by atoms with Gasteiger partial charge < -0.3 is 27.1 Å². The second-order valence-corrected chi connectivity index (χ2v) is 8.06. The molecule has 166 valence electrons. The van der Waals surface area contributed by atoms with Crippen molar-refractivity contribution >= 4 is 34.3 Å². The highest BCUT2D eigenvalue weighted by atomic mass is 32.1. The van der Waals surface area contributed by atoms with Gasteiger partial charge in [0.2, 0.25) is 0 Å². The lowest BCUT2D eigenvalue weighted by atomic mass is 10.0. The molecule has 1 aliphatic heterocycles. The fourth-order valence-electron chi connectivity index (χ4n) is 3.43. The maximum absolute atomic E-state index is 14.1. The number of aliphatic imine (C=N–C) groups is 1. The van der Waals surface area contributed by atoms with Crippen molar-refractivity contribution in [2.75, 3.05) is 25.9 Å². The third-order valence-corrected chi connectivity index (χ3v) is 5.66. The lowest BCUT2D eigenvalue weighted by molar-refractivity contribution is 0.0948. The Morgan fingerprint density at radius 1 is 1.42 bits per heavy atom. The number of amidine groups is 1. The van der Waals surface area contributed by atoms with E-state index < -0.39 is 35.8 Å². The predicted molar refractivity (Wildman–Crippen MR) is 114 cm³/mol. The molecule has 2 aromatic rings. The van der Waals surface area contributed by atoms with Gasteiger partial charge in [0.1, 0.15) is 39.7 Å². The highest BCUT2D eigenvalue weighted by molar-refractivity contribution is 7.19. The van der Waals surface area contributed by atoms with Crippen LogP contribution >= 0.6 is 11.3 Å². The number of amides is 1. The van der Waals surface area contributed by atoms with Crippen LogP contribution in [0.25, 0.3) is 10.6 Å². The molecule has 1 saturated heterocycles. The number of piperidine rings is 1. The molecule has 1 aromatic carbocycles. The first-order valence-electron chi connectivity index (χ1n) is 9.38. The average Bonchev–Trinajstić information content (AvgIpc) is 3.08. The van der Waals surface area contributed by atoms with Crippen molar-refractivity contribution < 1.29 is 18.0 Å². The number of hydrogen-bond acceptors (Lipinski definition) is 7. The summed E-state index contributed by atoms with van der Waals surface area (Å²) in [5, 5.41) is 10.1. The Balaban J connectivity index is 1.83. The first-order chi connectivity index (χ1) is 14.7. The number of nitrogens with zero attached hydrogens (tertiary/aromatic N) is 3. The zero-order chi connectivity index (χ0) is 22.7. The van der Waals surface area contributed by atoms with E-state index >= 15 is 0 Å². The summed E-state index contributed by atoms with van der Waals surface area (Å²) in [5.74, 6) is -2.17. The number of benzene rings is 1. The summed E-state index contributed by atoms with van der Waals surface area (Å²) in [5.41, 5.74) is 11.1. The number of nitrogens with two attached hydrogens (primary N) is 2. The molecule has 0 radical (unpaired) electrons. The first-order valence-corrected chi connectivity index (χ1v) is 10.2. The minimum Gasteiger partial charge on any atom is -0.389 e. The molecule has 3 unspecified atom stereocenters. The smallest absolute Gasteiger partial charge is 0.273 e. The number of carbonyl (C=O) groups is 1. The van der Waals surface area contributed by atoms with Crippen LogP contribution in [-0.2, 0) is 0 Å². The van der Waals surface area contributed by atoms with Gasteiger partial charge in [0.05, 0.1) is 12.1 Å². The number of nitrogens with one attached hydrogen (secondary N) is 2. The van der Waals surface area contributed by atoms with E-state index in [2.05, 4.69) is 15.3 Å². The van der Waals surface area contributed by atoms with Crippen molar-refractivity contribution in [2.45, 2.75) is 24.7 Å². The van der Waals surface area contributed by atoms with E-state index in [1.165, 1.54) is 13.1 Å². The molecule has 2 heterocycles. The zero-order valence-electron chi connectivity index (χ0n) is 16.6. The molecule has 1 aromatic heterocycles. The minimum absolute atomic E-state index is 0.0378. The molecule has 1 amide bonds. The molecule has 6 N–H and O–H groups in total. The van der Waals surface area contributed by atoms with Crippen molar-refractivity contribution in [1.82, 2.24) is 15.2 Å². The second-order valence-electron chi connectivity index (χ2n) is 7.03. The van der Waals surface area contributed by atoms with E-state index in [9.17, 15) is 18.0 Å². The molecular weight excluding hydrogens is 431 g/mol. The standard InChI is InChI=1S/C19H22F3N7OS/c1-26-17(29-7-9(20)5-10(24)8-29)13(6-23)27-18(30)15-16(25)31-19(28-15)14-11(21)3-2-4-12(14)22/h2-4,6,9-10,13,23H,5,7-8,24-25H2,1H3,(H,27,30). The number of anilines is 1. The summed E-state index contributed by atoms with van der Waals surface area (Å²) >= 11 is 0.764. The van der Waals surface area contributed by atoms with Crippen LogP contribution in [0, 0.1) is 17.0 Å². The molecule has 3 atom stereocenters. The Labute approximate surface area is 180 Å². The van der Waals surface area contributed by atoms with E-state index in [0.717, 1.165) is 29.7 Å². The largest absolute Gasteiger partial charge is 0.389 e. The van der Waals surface area contributed by atoms with Gasteiger partial charge in [-0.3, -0.25) is 9.79 Å². The predicted octanol–water partition coefficient (Wildman–Crippen LogP) is 1.82. The van der Waals surface area contributed by atoms with Gasteiger partial charge >= 0.3 is 0 Å². The van der Waals surface area contributed by atoms with Crippen LogP contribution in [0.5, 0.6) is 0 Å². The fourth-order valence-corrected chi connectivity index (χ4v) is 4.31. The first kappa shape index (κ1) is 22.7. The molecule has 0 aliphatic carbocycles. The molecule has 31 heavy (non-hydrogen) atoms. The lowest BCUT2D eigenvalue weighted by Gasteiger charge is -2.37. The summed E-state index contributed by atoms with van der Waals surface area (Å²) in [6, 6.07) is 1.96. The molecule has 3 rings (SSSR count). The summed E-state index contributed by atoms with van der Waals surface area (Å²) < 4.78 is 42.1. The Morgan fingerprint density at radius 2 is 2.10 bits per heavy atom. The van der Waals surface area contributed by atoms with Gasteiger partial charge in [-0.1, -0.05) is 17.4 Å². The van der Waals surface area contributed by atoms with Crippen molar-refractivity contribution in [3.63, 3.8) is 0 Å². The number of hydrogen-bond donors (Lipinski definition) is 4. The Bertz CT molecular complexity index is 982. The van der Waals surface area contributed by atoms with E-state index in [1.54, 1.807) is 4.90 Å². The monoisotopic (exact) mass is 453 g/mol. The quantitative estimate of drug-likeness (QED) is 0.405. The van der Waals surface area contributed by atoms with Gasteiger partial charge in [0.15, 0.2) is 5.69 Å². The number of halogens is 3. The van der Waals surface area contributed by atoms with Crippen LogP contribution in [0.15, 0.2) is 23.2 Å². The number of nitrogen functional groups attached to an aromatic ring is 1. The number of thiazole rings is 1. The normalized spacial score (nSPS) is 20.4. The van der Waals surface area contributed by atoms with Gasteiger partial charge in [0, 0.05) is 25.8 Å². The summed E-state index contributed by atoms with van der Waals surface area (Å²) in [7, 11) is 1.46. The maximum atomic E-state index is 14.1. The number of alkyl halides is 1. The molecule has 12 heteroatoms. The van der Waals surface area contributed by atoms with Crippen LogP contribution in [0.4, 0.5) is 18.2 Å². The van der Waals surface area contributed by atoms with Crippen molar-refractivity contribution in [3.05, 3.63) is 35.5 Å². The van der Waals surface area contributed by atoms with E-state index in [1.807, 2.05) is 0 Å². The Kier molecular flexibility index (Phi) is 6.91. The number of carbonyl (C=O) groups excluding carboxylic acids is 1. The third kappa shape index (κ3) is 4.85. The van der Waals surface area contributed by atoms with Crippen LogP contribution in [0.3, 0.4) is 0 Å². The van der Waals surface area contributed by atoms with Crippen molar-refractivity contribution in [2.24, 2.45) is 10.7 Å². The van der Waals surface area contributed by atoms with Crippen LogP contribution in [-0.4, -0.2) is 66.2 Å². The third-order valence-electron chi connectivity index (χ3n) is 4.76. The van der Waals surface area contributed by atoms with Gasteiger partial charge in [-0.15, -0.1) is 0 Å². The molecule has 0 saturated carbocycles. The zero-order valence-corrected chi connectivity index (χ0v) is 17.4. The molecule has 1 fully saturated rings. The van der Waals surface area contributed by atoms with Crippen molar-refractivity contribution in [1.29, 1.82) is 5.41 Å². The summed E-state index contributed by atoms with van der Waals surface area (Å²) in [6.07, 6.45) is 0.00276. The van der Waals surface area contributed by atoms with Crippen LogP contribution < -0.4 is 16.8 Å². The van der Waals surface area contributed by atoms with Gasteiger partial charge in [-0.25, -0.2) is 18.2 Å². The molecule has 0 bridgehead atoms. The molecular formula is C19H22F3N7OS. The Hall–Kier alpha value is -2.99. The van der Waals surface area contributed by atoms with Gasteiger partial charge in [-0.2, -0.15) is 0 Å². The maximum Gasteiger partial charge on any atom is 0.273 e. The van der Waals surface area contributed by atoms with Crippen molar-refractivity contribution in [3.8, 4) is 10.6 Å². The highest BCUT2D eigenvalue weighted by Gasteiger charge is 2.31. The lowest BCUT2D eigenvalue weighted by Crippen LogP contribution is -2.56. The fraction of sp³-hybridized carbons (Fsp3) is 0.368. The van der Waals surface area contributed by atoms with Gasteiger partial charge in [0.25, 0.3) is 5.91 Å². The second kappa shape index (κ2) is 9.43. The van der Waals surface area contributed by atoms with Crippen LogP contribution in [0.1, 0.15) is 16.9 Å². The van der Waals surface area contributed by atoms with Gasteiger partial charge in [-0.05, 0) is 18.6 Å². The Morgan fingerprint density at radius 3 is 2.68 bits per heavy atom. The van der Waals surface area contributed by atoms with E-state index in [4.69, 9.17) is 16.9 Å². The van der Waals surface area contributed by atoms with E-state index in [0.29, 0.717) is 6.54 Å². The summed E-state index contributed by atoms with van der Waals surface area (Å²) in [6.45, 7) is 0.360. The number of rotatable bonds is 5. The van der Waals surface area contributed by atoms with Crippen LogP contribution in [0.2, 0.25) is 0 Å². The molecule has 1 aliphatic rings. The number of likely N-dealkylation sites (tertiary alicyclic amines) is 1. The number of aromatic nitrogens is 1. The topological polar surface area (TPSA) is 133 Å². The minimum atomic E-state index is -1.16. The molecule has 8 nitrogen and oxygen atoms in total. The summed E-state index contributed by atoms with van der Waals surface area (Å²) in [4.78, 5) is 22.5. The average molecular weight is 453 g/mol. The highest BCUT2D eigenvalue weighted by Crippen LogP contribution is 2.33. The van der Waals surface area contributed by atoms with E-state index in [-0.39, 0.29) is 40.1 Å².